The van der Waals surface area contributed by atoms with Gasteiger partial charge in [-0.25, -0.2) is 9.18 Å². The Morgan fingerprint density at radius 2 is 1.95 bits per heavy atom. The van der Waals surface area contributed by atoms with Crippen LogP contribution < -0.4 is 10.6 Å². The molecule has 1 saturated carbocycles. The molecule has 1 aromatic carbocycles. The zero-order valence-corrected chi connectivity index (χ0v) is 12.0. The average Bonchev–Trinajstić information content (AvgIpc) is 2.44. The summed E-state index contributed by atoms with van der Waals surface area (Å²) in [5.41, 5.74) is 1.03. The van der Waals surface area contributed by atoms with Crippen LogP contribution in [0.4, 0.5) is 9.18 Å². The normalized spacial score (nSPS) is 22.3. The zero-order chi connectivity index (χ0) is 14.4. The van der Waals surface area contributed by atoms with Gasteiger partial charge in [-0.1, -0.05) is 31.9 Å². The first-order valence-electron chi connectivity index (χ1n) is 7.44. The molecule has 2 N–H and O–H groups in total. The molecule has 0 radical (unpaired) electrons. The molecule has 2 amide bonds. The molecular weight excluding hydrogens is 255 g/mol. The van der Waals surface area contributed by atoms with E-state index in [-0.39, 0.29) is 11.8 Å². The first kappa shape index (κ1) is 14.8. The fourth-order valence-corrected chi connectivity index (χ4v) is 2.72. The van der Waals surface area contributed by atoms with Gasteiger partial charge in [0, 0.05) is 12.6 Å². The van der Waals surface area contributed by atoms with Gasteiger partial charge >= 0.3 is 6.03 Å². The highest BCUT2D eigenvalue weighted by Gasteiger charge is 2.22. The van der Waals surface area contributed by atoms with E-state index in [1.54, 1.807) is 12.1 Å². The predicted molar refractivity (Wildman–Crippen MR) is 78.1 cm³/mol. The summed E-state index contributed by atoms with van der Waals surface area (Å²) in [7, 11) is 0. The topological polar surface area (TPSA) is 41.1 Å². The van der Waals surface area contributed by atoms with Gasteiger partial charge in [0.2, 0.25) is 0 Å². The number of carbonyl (C=O) groups excluding carboxylic acids is 1. The van der Waals surface area contributed by atoms with Crippen molar-refractivity contribution in [1.29, 1.82) is 0 Å². The minimum absolute atomic E-state index is 0.0918. The summed E-state index contributed by atoms with van der Waals surface area (Å²) in [6.07, 6.45) is 5.46. The molecule has 1 aliphatic rings. The Morgan fingerprint density at radius 1 is 1.25 bits per heavy atom. The summed E-state index contributed by atoms with van der Waals surface area (Å²) in [4.78, 5) is 11.8. The Morgan fingerprint density at radius 3 is 2.65 bits per heavy atom. The molecular formula is C16H23FN2O. The van der Waals surface area contributed by atoms with Crippen LogP contribution in [0.25, 0.3) is 0 Å². The second-order valence-electron chi connectivity index (χ2n) is 5.64. The van der Waals surface area contributed by atoms with Crippen molar-refractivity contribution < 1.29 is 9.18 Å². The second kappa shape index (κ2) is 7.27. The third-order valence-electron chi connectivity index (χ3n) is 4.04. The molecule has 0 spiro atoms. The maximum atomic E-state index is 12.8. The molecule has 1 aromatic rings. The third kappa shape index (κ3) is 4.51. The number of nitrogens with one attached hydrogen (secondary N) is 2. The number of halogens is 1. The molecule has 2 atom stereocenters. The van der Waals surface area contributed by atoms with E-state index in [1.807, 2.05) is 0 Å². The summed E-state index contributed by atoms with van der Waals surface area (Å²) in [5, 5.41) is 5.92. The zero-order valence-electron chi connectivity index (χ0n) is 12.0. The van der Waals surface area contributed by atoms with Crippen LogP contribution in [-0.2, 0) is 6.42 Å². The molecule has 3 nitrogen and oxygen atoms in total. The van der Waals surface area contributed by atoms with Crippen LogP contribution in [0.1, 0.15) is 38.2 Å². The number of urea groups is 1. The minimum atomic E-state index is -0.231. The summed E-state index contributed by atoms with van der Waals surface area (Å²) < 4.78 is 12.8. The van der Waals surface area contributed by atoms with E-state index in [1.165, 1.54) is 31.4 Å². The molecule has 0 unspecified atom stereocenters. The monoisotopic (exact) mass is 278 g/mol. The molecule has 1 aliphatic carbocycles. The van der Waals surface area contributed by atoms with Crippen LogP contribution in [-0.4, -0.2) is 18.6 Å². The van der Waals surface area contributed by atoms with E-state index in [0.29, 0.717) is 24.9 Å². The van der Waals surface area contributed by atoms with Gasteiger partial charge in [0.05, 0.1) is 0 Å². The average molecular weight is 278 g/mol. The molecule has 0 heterocycles. The first-order chi connectivity index (χ1) is 9.65. The summed E-state index contributed by atoms with van der Waals surface area (Å²) >= 11 is 0. The van der Waals surface area contributed by atoms with Crippen molar-refractivity contribution in [2.24, 2.45) is 5.92 Å². The minimum Gasteiger partial charge on any atom is -0.338 e. The molecule has 0 bridgehead atoms. The van der Waals surface area contributed by atoms with E-state index < -0.39 is 0 Å². The smallest absolute Gasteiger partial charge is 0.315 e. The van der Waals surface area contributed by atoms with Gasteiger partial charge in [0.15, 0.2) is 0 Å². The lowest BCUT2D eigenvalue weighted by atomic mass is 9.86. The van der Waals surface area contributed by atoms with Crippen LogP contribution in [0.3, 0.4) is 0 Å². The van der Waals surface area contributed by atoms with Crippen LogP contribution in [0.5, 0.6) is 0 Å². The molecule has 0 aromatic heterocycles. The standard InChI is InChI=1S/C16H23FN2O/c1-12-4-2-3-5-15(12)19-16(20)18-11-10-13-6-8-14(17)9-7-13/h6-9,12,15H,2-5,10-11H2,1H3,(H2,18,19,20)/t12-,15+/m0/s1. The third-order valence-corrected chi connectivity index (χ3v) is 4.04. The lowest BCUT2D eigenvalue weighted by Gasteiger charge is -2.29. The van der Waals surface area contributed by atoms with Gasteiger partial charge in [-0.2, -0.15) is 0 Å². The van der Waals surface area contributed by atoms with E-state index in [0.717, 1.165) is 12.0 Å². The van der Waals surface area contributed by atoms with Crippen LogP contribution in [0.15, 0.2) is 24.3 Å². The SMILES string of the molecule is C[C@H]1CCCC[C@H]1NC(=O)NCCc1ccc(F)cc1. The summed E-state index contributed by atoms with van der Waals surface area (Å²) in [6.45, 7) is 2.77. The second-order valence-corrected chi connectivity index (χ2v) is 5.64. The quantitative estimate of drug-likeness (QED) is 0.872. The number of rotatable bonds is 4. The Balaban J connectivity index is 1.68. The van der Waals surface area contributed by atoms with Crippen LogP contribution in [0, 0.1) is 11.7 Å². The van der Waals surface area contributed by atoms with Crippen LogP contribution in [0.2, 0.25) is 0 Å². The summed E-state index contributed by atoms with van der Waals surface area (Å²) in [5.74, 6) is 0.331. The Hall–Kier alpha value is -1.58. The predicted octanol–water partition coefficient (Wildman–Crippen LogP) is 3.25. The number of carbonyl (C=O) groups is 1. The Labute approximate surface area is 120 Å². The van der Waals surface area contributed by atoms with Gasteiger partial charge in [-0.15, -0.1) is 0 Å². The largest absolute Gasteiger partial charge is 0.338 e. The van der Waals surface area contributed by atoms with Crippen molar-refractivity contribution in [3.05, 3.63) is 35.6 Å². The number of amides is 2. The van der Waals surface area contributed by atoms with Gasteiger partial charge in [0.1, 0.15) is 5.82 Å². The Kier molecular flexibility index (Phi) is 5.39. The highest BCUT2D eigenvalue weighted by Crippen LogP contribution is 2.23. The van der Waals surface area contributed by atoms with Gasteiger partial charge in [0.25, 0.3) is 0 Å². The number of hydrogen-bond donors (Lipinski definition) is 2. The lowest BCUT2D eigenvalue weighted by Crippen LogP contribution is -2.46. The van der Waals surface area contributed by atoms with Crippen LogP contribution >= 0.6 is 0 Å². The fourth-order valence-electron chi connectivity index (χ4n) is 2.72. The Bertz CT molecular complexity index is 433. The van der Waals surface area contributed by atoms with Gasteiger partial charge in [-0.3, -0.25) is 0 Å². The molecule has 1 fully saturated rings. The summed E-state index contributed by atoms with van der Waals surface area (Å²) in [6, 6.07) is 6.59. The van der Waals surface area contributed by atoms with Gasteiger partial charge < -0.3 is 10.6 Å². The van der Waals surface area contributed by atoms with E-state index in [9.17, 15) is 9.18 Å². The molecule has 110 valence electrons. The first-order valence-corrected chi connectivity index (χ1v) is 7.44. The molecule has 2 rings (SSSR count). The van der Waals surface area contributed by atoms with E-state index in [4.69, 9.17) is 0 Å². The van der Waals surface area contributed by atoms with Crippen molar-refractivity contribution in [2.75, 3.05) is 6.54 Å². The molecule has 4 heteroatoms. The maximum Gasteiger partial charge on any atom is 0.315 e. The molecule has 0 saturated heterocycles. The van der Waals surface area contributed by atoms with E-state index >= 15 is 0 Å². The fraction of sp³-hybridized carbons (Fsp3) is 0.562. The van der Waals surface area contributed by atoms with Crippen molar-refractivity contribution in [3.8, 4) is 0 Å². The number of benzene rings is 1. The highest BCUT2D eigenvalue weighted by atomic mass is 19.1. The van der Waals surface area contributed by atoms with Crippen molar-refractivity contribution in [2.45, 2.75) is 45.1 Å². The maximum absolute atomic E-state index is 12.8. The van der Waals surface area contributed by atoms with Crippen molar-refractivity contribution >= 4 is 6.03 Å². The molecule has 20 heavy (non-hydrogen) atoms. The van der Waals surface area contributed by atoms with E-state index in [2.05, 4.69) is 17.6 Å². The molecule has 0 aliphatic heterocycles. The van der Waals surface area contributed by atoms with Crippen molar-refractivity contribution in [1.82, 2.24) is 10.6 Å². The van der Waals surface area contributed by atoms with Crippen molar-refractivity contribution in [3.63, 3.8) is 0 Å². The van der Waals surface area contributed by atoms with Gasteiger partial charge in [-0.05, 0) is 42.9 Å². The number of hydrogen-bond acceptors (Lipinski definition) is 1. The highest BCUT2D eigenvalue weighted by molar-refractivity contribution is 5.74. The lowest BCUT2D eigenvalue weighted by molar-refractivity contribution is 0.222.